The van der Waals surface area contributed by atoms with Gasteiger partial charge in [0.1, 0.15) is 11.2 Å². The minimum absolute atomic E-state index is 0.441. The number of hydrogen-bond donors (Lipinski definition) is 0. The molecule has 1 aromatic rings. The molecule has 0 saturated heterocycles. The number of nitrogens with zero attached hydrogens (tertiary/aromatic N) is 3. The van der Waals surface area contributed by atoms with E-state index in [2.05, 4.69) is 29.9 Å². The van der Waals surface area contributed by atoms with Gasteiger partial charge in [0.05, 0.1) is 6.07 Å². The lowest BCUT2D eigenvalue weighted by molar-refractivity contribution is 0.253. The van der Waals surface area contributed by atoms with Crippen molar-refractivity contribution in [2.24, 2.45) is 5.92 Å². The molecule has 0 spiro atoms. The van der Waals surface area contributed by atoms with Crippen molar-refractivity contribution in [3.8, 4) is 6.07 Å². The van der Waals surface area contributed by atoms with E-state index in [-0.39, 0.29) is 0 Å². The summed E-state index contributed by atoms with van der Waals surface area (Å²) in [6, 6.07) is 2.56. The molecule has 0 aromatic carbocycles. The molecule has 1 aliphatic rings. The Morgan fingerprint density at radius 2 is 1.71 bits per heavy atom. The molecule has 24 heavy (non-hydrogen) atoms. The molecule has 0 atom stereocenters. The summed E-state index contributed by atoms with van der Waals surface area (Å²) in [5.41, 5.74) is 0.735. The molecule has 3 heteroatoms. The Kier molecular flexibility index (Phi) is 7.69. The van der Waals surface area contributed by atoms with E-state index < -0.39 is 5.41 Å². The van der Waals surface area contributed by atoms with Crippen LogP contribution < -0.4 is 0 Å². The van der Waals surface area contributed by atoms with Crippen molar-refractivity contribution in [3.05, 3.63) is 23.8 Å². The van der Waals surface area contributed by atoms with E-state index in [1.807, 2.05) is 12.4 Å². The van der Waals surface area contributed by atoms with Gasteiger partial charge in [-0.2, -0.15) is 5.26 Å². The van der Waals surface area contributed by atoms with E-state index in [9.17, 15) is 5.26 Å². The minimum Gasteiger partial charge on any atom is -0.239 e. The molecule has 1 heterocycles. The highest BCUT2D eigenvalue weighted by atomic mass is 14.9. The predicted molar refractivity (Wildman–Crippen MR) is 98.7 cm³/mol. The summed E-state index contributed by atoms with van der Waals surface area (Å²) in [4.78, 5) is 9.10. The molecule has 3 nitrogen and oxygen atoms in total. The summed E-state index contributed by atoms with van der Waals surface area (Å²) in [6.07, 6.45) is 18.2. The average molecular weight is 328 g/mol. The van der Waals surface area contributed by atoms with Crippen LogP contribution in [0, 0.1) is 17.2 Å². The molecular formula is C21H33N3. The first kappa shape index (κ1) is 18.9. The minimum atomic E-state index is -0.441. The molecule has 0 radical (unpaired) electrons. The molecule has 132 valence electrons. The second-order valence-electron chi connectivity index (χ2n) is 7.51. The van der Waals surface area contributed by atoms with Gasteiger partial charge in [-0.25, -0.2) is 9.97 Å². The zero-order chi connectivity index (χ0) is 17.3. The predicted octanol–water partition coefficient (Wildman–Crippen LogP) is 5.74. The molecule has 1 saturated carbocycles. The van der Waals surface area contributed by atoms with E-state index in [0.717, 1.165) is 50.3 Å². The van der Waals surface area contributed by atoms with Crippen molar-refractivity contribution in [2.45, 2.75) is 96.3 Å². The molecular weight excluding hydrogens is 294 g/mol. The van der Waals surface area contributed by atoms with E-state index >= 15 is 0 Å². The Labute approximate surface area is 147 Å². The normalized spacial score (nSPS) is 23.8. The van der Waals surface area contributed by atoms with Gasteiger partial charge in [0.2, 0.25) is 0 Å². The van der Waals surface area contributed by atoms with Crippen LogP contribution in [0.15, 0.2) is 12.4 Å². The fourth-order valence-electron chi connectivity index (χ4n) is 3.90. The lowest BCUT2D eigenvalue weighted by Crippen LogP contribution is -2.32. The maximum Gasteiger partial charge on any atom is 0.148 e. The third-order valence-electron chi connectivity index (χ3n) is 5.56. The van der Waals surface area contributed by atoms with E-state index in [1.54, 1.807) is 0 Å². The highest BCUT2D eigenvalue weighted by molar-refractivity contribution is 5.22. The molecule has 0 aliphatic heterocycles. The molecule has 1 aliphatic carbocycles. The van der Waals surface area contributed by atoms with Crippen LogP contribution in [0.4, 0.5) is 0 Å². The second-order valence-corrected chi connectivity index (χ2v) is 7.51. The number of nitriles is 1. The Bertz CT molecular complexity index is 507. The molecule has 0 unspecified atom stereocenters. The third kappa shape index (κ3) is 5.03. The van der Waals surface area contributed by atoms with E-state index in [4.69, 9.17) is 0 Å². The quantitative estimate of drug-likeness (QED) is 0.543. The van der Waals surface area contributed by atoms with Gasteiger partial charge in [-0.3, -0.25) is 0 Å². The van der Waals surface area contributed by atoms with E-state index in [0.29, 0.717) is 0 Å². The summed E-state index contributed by atoms with van der Waals surface area (Å²) in [5.74, 6) is 1.55. The van der Waals surface area contributed by atoms with Crippen LogP contribution in [0.25, 0.3) is 0 Å². The van der Waals surface area contributed by atoms with Gasteiger partial charge in [-0.1, -0.05) is 58.8 Å². The number of hydrogen-bond acceptors (Lipinski definition) is 3. The molecule has 1 aromatic heterocycles. The Morgan fingerprint density at radius 1 is 1.04 bits per heavy atom. The van der Waals surface area contributed by atoms with Crippen LogP contribution in [0.5, 0.6) is 0 Å². The van der Waals surface area contributed by atoms with Gasteiger partial charge in [0.15, 0.2) is 0 Å². The Morgan fingerprint density at radius 3 is 2.29 bits per heavy atom. The lowest BCUT2D eigenvalue weighted by Gasteiger charge is -2.33. The van der Waals surface area contributed by atoms with Crippen LogP contribution in [0.2, 0.25) is 0 Å². The highest BCUT2D eigenvalue weighted by Gasteiger charge is 2.39. The molecule has 0 bridgehead atoms. The zero-order valence-electron chi connectivity index (χ0n) is 15.6. The van der Waals surface area contributed by atoms with Gasteiger partial charge >= 0.3 is 0 Å². The van der Waals surface area contributed by atoms with Crippen molar-refractivity contribution in [1.29, 1.82) is 5.26 Å². The monoisotopic (exact) mass is 327 g/mol. The summed E-state index contributed by atoms with van der Waals surface area (Å²) >= 11 is 0. The zero-order valence-corrected chi connectivity index (χ0v) is 15.6. The van der Waals surface area contributed by atoms with Gasteiger partial charge < -0.3 is 0 Å². The average Bonchev–Trinajstić information content (AvgIpc) is 2.63. The standard InChI is InChI=1S/C21H33N3/c1-3-5-6-7-8-10-18-11-13-21(17-22,14-12-18)20-23-15-19(9-4-2)16-24-20/h15-16,18H,3-14H2,1-2H3/t18-,21+. The number of rotatable bonds is 9. The van der Waals surface area contributed by atoms with Crippen molar-refractivity contribution < 1.29 is 0 Å². The summed E-state index contributed by atoms with van der Waals surface area (Å²) in [6.45, 7) is 4.42. The van der Waals surface area contributed by atoms with Crippen molar-refractivity contribution in [2.75, 3.05) is 0 Å². The number of unbranched alkanes of at least 4 members (excludes halogenated alkanes) is 4. The first-order chi connectivity index (χ1) is 11.7. The largest absolute Gasteiger partial charge is 0.239 e. The third-order valence-corrected chi connectivity index (χ3v) is 5.56. The topological polar surface area (TPSA) is 49.6 Å². The fraction of sp³-hybridized carbons (Fsp3) is 0.762. The Hall–Kier alpha value is -1.43. The smallest absolute Gasteiger partial charge is 0.148 e. The first-order valence-electron chi connectivity index (χ1n) is 9.96. The maximum atomic E-state index is 9.80. The van der Waals surface area contributed by atoms with Gasteiger partial charge in [-0.15, -0.1) is 0 Å². The SMILES string of the molecule is CCCCCCC[C@H]1CC[C@@](C#N)(c2ncc(CCC)cn2)CC1. The number of aryl methyl sites for hydroxylation is 1. The molecule has 1 fully saturated rings. The molecule has 0 amide bonds. The van der Waals surface area contributed by atoms with Gasteiger partial charge in [0, 0.05) is 12.4 Å². The summed E-state index contributed by atoms with van der Waals surface area (Å²) in [7, 11) is 0. The summed E-state index contributed by atoms with van der Waals surface area (Å²) in [5, 5.41) is 9.80. The van der Waals surface area contributed by atoms with Crippen LogP contribution in [0.1, 0.15) is 95.9 Å². The van der Waals surface area contributed by atoms with Crippen LogP contribution in [0.3, 0.4) is 0 Å². The van der Waals surface area contributed by atoms with E-state index in [1.165, 1.54) is 44.1 Å². The van der Waals surface area contributed by atoms with Gasteiger partial charge in [-0.05, 0) is 43.6 Å². The van der Waals surface area contributed by atoms with Crippen LogP contribution in [-0.2, 0) is 11.8 Å². The molecule has 0 N–H and O–H groups in total. The summed E-state index contributed by atoms with van der Waals surface area (Å²) < 4.78 is 0. The van der Waals surface area contributed by atoms with Crippen LogP contribution in [-0.4, -0.2) is 9.97 Å². The van der Waals surface area contributed by atoms with Crippen molar-refractivity contribution in [3.63, 3.8) is 0 Å². The second kappa shape index (κ2) is 9.77. The molecule has 2 rings (SSSR count). The van der Waals surface area contributed by atoms with Crippen molar-refractivity contribution in [1.82, 2.24) is 9.97 Å². The van der Waals surface area contributed by atoms with Gasteiger partial charge in [0.25, 0.3) is 0 Å². The van der Waals surface area contributed by atoms with Crippen molar-refractivity contribution >= 4 is 0 Å². The lowest BCUT2D eigenvalue weighted by atomic mass is 9.69. The maximum absolute atomic E-state index is 9.80. The Balaban J connectivity index is 1.86. The highest BCUT2D eigenvalue weighted by Crippen LogP contribution is 2.41. The number of aromatic nitrogens is 2. The first-order valence-corrected chi connectivity index (χ1v) is 9.96. The fourth-order valence-corrected chi connectivity index (χ4v) is 3.90. The van der Waals surface area contributed by atoms with Crippen LogP contribution >= 0.6 is 0 Å².